The van der Waals surface area contributed by atoms with Crippen molar-refractivity contribution in [2.45, 2.75) is 26.2 Å². The van der Waals surface area contributed by atoms with Crippen molar-refractivity contribution in [1.82, 2.24) is 4.90 Å². The normalized spacial score (nSPS) is 16.6. The van der Waals surface area contributed by atoms with E-state index in [2.05, 4.69) is 6.92 Å². The molecular weight excluding hydrogens is 180 g/mol. The van der Waals surface area contributed by atoms with Gasteiger partial charge in [-0.3, -0.25) is 9.48 Å². The summed E-state index contributed by atoms with van der Waals surface area (Å²) in [6, 6.07) is 0. The van der Waals surface area contributed by atoms with Crippen LogP contribution in [0.25, 0.3) is 0 Å². The molecule has 0 aliphatic carbocycles. The molecule has 80 valence electrons. The molecule has 0 unspecified atom stereocenters. The summed E-state index contributed by atoms with van der Waals surface area (Å²) in [4.78, 5) is 12.7. The minimum atomic E-state index is -1.05. The van der Waals surface area contributed by atoms with E-state index in [0.717, 1.165) is 38.9 Å². The Morgan fingerprint density at radius 1 is 1.57 bits per heavy atom. The number of amidine groups is 1. The van der Waals surface area contributed by atoms with E-state index in [0.29, 0.717) is 5.84 Å². The first-order valence-corrected chi connectivity index (χ1v) is 5.21. The maximum atomic E-state index is 10.8. The fourth-order valence-corrected chi connectivity index (χ4v) is 1.78. The van der Waals surface area contributed by atoms with E-state index in [1.165, 1.54) is 0 Å². The summed E-state index contributed by atoms with van der Waals surface area (Å²) in [7, 11) is 1.80. The number of carboxylic acids is 1. The number of unbranched alkanes of at least 4 members (excludes halogenated alkanes) is 2. The zero-order valence-electron chi connectivity index (χ0n) is 8.95. The molecule has 0 bridgehead atoms. The van der Waals surface area contributed by atoms with Crippen molar-refractivity contribution >= 4 is 11.8 Å². The average Bonchev–Trinajstić information content (AvgIpc) is 2.47. The molecule has 0 aromatic rings. The predicted octanol–water partition coefficient (Wildman–Crippen LogP) is -0.717. The summed E-state index contributed by atoms with van der Waals surface area (Å²) < 4.78 is 1.75. The Bertz CT molecular complexity index is 249. The minimum Gasteiger partial charge on any atom is -0.538 e. The molecule has 1 aliphatic rings. The molecule has 14 heavy (non-hydrogen) atoms. The molecule has 0 aromatic heterocycles. The van der Waals surface area contributed by atoms with Crippen molar-refractivity contribution in [1.29, 1.82) is 0 Å². The first kappa shape index (κ1) is 11.0. The van der Waals surface area contributed by atoms with Gasteiger partial charge in [0, 0.05) is 0 Å². The van der Waals surface area contributed by atoms with E-state index >= 15 is 0 Å². The van der Waals surface area contributed by atoms with E-state index in [4.69, 9.17) is 0 Å². The Morgan fingerprint density at radius 3 is 2.86 bits per heavy atom. The molecule has 0 aromatic carbocycles. The topological polar surface area (TPSA) is 46.4 Å². The number of carbonyl (C=O) groups excluding carboxylic acids is 1. The molecule has 4 nitrogen and oxygen atoms in total. The molecule has 0 fully saturated rings. The van der Waals surface area contributed by atoms with Crippen LogP contribution in [-0.2, 0) is 4.79 Å². The van der Waals surface area contributed by atoms with Crippen molar-refractivity contribution in [3.8, 4) is 0 Å². The zero-order valence-corrected chi connectivity index (χ0v) is 8.95. The molecule has 1 aliphatic heterocycles. The van der Waals surface area contributed by atoms with Crippen LogP contribution in [0.3, 0.4) is 0 Å². The van der Waals surface area contributed by atoms with E-state index < -0.39 is 5.97 Å². The van der Waals surface area contributed by atoms with Crippen LogP contribution in [0.1, 0.15) is 26.2 Å². The smallest absolute Gasteiger partial charge is 0.295 e. The van der Waals surface area contributed by atoms with Crippen molar-refractivity contribution in [2.75, 3.05) is 26.7 Å². The quantitative estimate of drug-likeness (QED) is 0.433. The van der Waals surface area contributed by atoms with Crippen LogP contribution in [0.4, 0.5) is 0 Å². The highest BCUT2D eigenvalue weighted by atomic mass is 16.4. The van der Waals surface area contributed by atoms with Crippen LogP contribution in [0.15, 0.2) is 0 Å². The standard InChI is InChI=1S/C10H18N2O2/c1-3-4-5-6-12-8-7-11(2)9(12)10(13)14/h3-8H2,1-2H3. The summed E-state index contributed by atoms with van der Waals surface area (Å²) in [5, 5.41) is 10.8. The Hall–Kier alpha value is -1.06. The van der Waals surface area contributed by atoms with Crippen molar-refractivity contribution in [3.63, 3.8) is 0 Å². The van der Waals surface area contributed by atoms with Crippen molar-refractivity contribution in [2.24, 2.45) is 0 Å². The Labute approximate surface area is 84.8 Å². The number of hydrogen-bond acceptors (Lipinski definition) is 3. The summed E-state index contributed by atoms with van der Waals surface area (Å²) in [5.41, 5.74) is 0. The van der Waals surface area contributed by atoms with Gasteiger partial charge in [0.25, 0.3) is 5.84 Å². The largest absolute Gasteiger partial charge is 0.538 e. The van der Waals surface area contributed by atoms with Gasteiger partial charge in [0.1, 0.15) is 13.1 Å². The third kappa shape index (κ3) is 2.47. The van der Waals surface area contributed by atoms with Gasteiger partial charge in [-0.25, -0.2) is 0 Å². The summed E-state index contributed by atoms with van der Waals surface area (Å²) in [5.74, 6) is -0.706. The lowest BCUT2D eigenvalue weighted by atomic mass is 10.2. The highest BCUT2D eigenvalue weighted by molar-refractivity contribution is 6.31. The number of likely N-dealkylation sites (N-methyl/N-ethyl adjacent to an activating group) is 1. The summed E-state index contributed by atoms with van der Waals surface area (Å²) >= 11 is 0. The number of carbonyl (C=O) groups is 1. The second kappa shape index (κ2) is 4.98. The highest BCUT2D eigenvalue weighted by Crippen LogP contribution is 2.04. The zero-order chi connectivity index (χ0) is 10.6. The Balaban J connectivity index is 2.50. The van der Waals surface area contributed by atoms with Gasteiger partial charge in [-0.2, -0.15) is 0 Å². The molecule has 1 rings (SSSR count). The van der Waals surface area contributed by atoms with E-state index in [1.807, 2.05) is 4.90 Å². The molecule has 4 heteroatoms. The Morgan fingerprint density at radius 2 is 2.29 bits per heavy atom. The molecule has 0 spiro atoms. The molecule has 1 heterocycles. The molecule has 0 amide bonds. The molecule has 0 saturated carbocycles. The molecular formula is C10H18N2O2. The molecule has 0 saturated heterocycles. The fraction of sp³-hybridized carbons (Fsp3) is 0.800. The average molecular weight is 198 g/mol. The minimum absolute atomic E-state index is 0.348. The second-order valence-corrected chi connectivity index (χ2v) is 3.73. The summed E-state index contributed by atoms with van der Waals surface area (Å²) in [6.07, 6.45) is 3.37. The summed E-state index contributed by atoms with van der Waals surface area (Å²) in [6.45, 7) is 4.57. The van der Waals surface area contributed by atoms with Gasteiger partial charge in [-0.05, 0) is 12.8 Å². The van der Waals surface area contributed by atoms with E-state index in [9.17, 15) is 9.90 Å². The lowest BCUT2D eigenvalue weighted by Gasteiger charge is -2.13. The van der Waals surface area contributed by atoms with E-state index in [1.54, 1.807) is 11.6 Å². The van der Waals surface area contributed by atoms with Gasteiger partial charge in [0.15, 0.2) is 5.97 Å². The first-order chi connectivity index (χ1) is 6.66. The van der Waals surface area contributed by atoms with Gasteiger partial charge in [-0.15, -0.1) is 0 Å². The van der Waals surface area contributed by atoms with Crippen molar-refractivity contribution in [3.05, 3.63) is 0 Å². The molecule has 0 radical (unpaired) electrons. The number of nitrogens with zero attached hydrogens (tertiary/aromatic N) is 2. The van der Waals surface area contributed by atoms with Crippen LogP contribution < -0.4 is 5.11 Å². The maximum Gasteiger partial charge on any atom is 0.295 e. The molecule has 0 atom stereocenters. The lowest BCUT2D eigenvalue weighted by Crippen LogP contribution is -2.44. The first-order valence-electron chi connectivity index (χ1n) is 5.21. The van der Waals surface area contributed by atoms with Gasteiger partial charge >= 0.3 is 0 Å². The van der Waals surface area contributed by atoms with Crippen LogP contribution in [0.5, 0.6) is 0 Å². The number of hydrogen-bond donors (Lipinski definition) is 0. The maximum absolute atomic E-state index is 10.8. The lowest BCUT2D eigenvalue weighted by molar-refractivity contribution is -0.488. The van der Waals surface area contributed by atoms with Crippen LogP contribution in [0.2, 0.25) is 0 Å². The van der Waals surface area contributed by atoms with Crippen LogP contribution in [-0.4, -0.2) is 48.0 Å². The van der Waals surface area contributed by atoms with Crippen LogP contribution in [0, 0.1) is 0 Å². The number of rotatable bonds is 5. The Kier molecular flexibility index (Phi) is 3.92. The van der Waals surface area contributed by atoms with Crippen LogP contribution >= 0.6 is 0 Å². The van der Waals surface area contributed by atoms with Gasteiger partial charge in [-0.1, -0.05) is 13.3 Å². The second-order valence-electron chi connectivity index (χ2n) is 3.73. The monoisotopic (exact) mass is 198 g/mol. The third-order valence-corrected chi connectivity index (χ3v) is 2.58. The number of aliphatic carboxylic acids is 1. The van der Waals surface area contributed by atoms with Gasteiger partial charge in [0.2, 0.25) is 0 Å². The van der Waals surface area contributed by atoms with Gasteiger partial charge in [0.05, 0.1) is 13.6 Å². The highest BCUT2D eigenvalue weighted by Gasteiger charge is 2.28. The molecule has 0 N–H and O–H groups in total. The predicted molar refractivity (Wildman–Crippen MR) is 52.2 cm³/mol. The fourth-order valence-electron chi connectivity index (χ4n) is 1.78. The van der Waals surface area contributed by atoms with Gasteiger partial charge < -0.3 is 9.90 Å². The SMILES string of the molecule is CCCCCN1CC[N+](C)=C1C(=O)[O-]. The third-order valence-electron chi connectivity index (χ3n) is 2.58. The number of carboxylic acid groups (broad SMARTS) is 1. The van der Waals surface area contributed by atoms with E-state index in [-0.39, 0.29) is 0 Å². The van der Waals surface area contributed by atoms with Crippen molar-refractivity contribution < 1.29 is 14.5 Å².